The minimum atomic E-state index is -4.84. The van der Waals surface area contributed by atoms with Crippen molar-refractivity contribution < 1.29 is 32.3 Å². The van der Waals surface area contributed by atoms with E-state index in [-0.39, 0.29) is 23.4 Å². The topological polar surface area (TPSA) is 111 Å². The van der Waals surface area contributed by atoms with Crippen LogP contribution in [-0.2, 0) is 0 Å². The Labute approximate surface area is 179 Å². The Morgan fingerprint density at radius 2 is 2.03 bits per heavy atom. The van der Waals surface area contributed by atoms with Crippen LogP contribution in [0.15, 0.2) is 30.5 Å². The lowest BCUT2D eigenvalue weighted by molar-refractivity contribution is -0.161. The zero-order valence-electron chi connectivity index (χ0n) is 16.4. The van der Waals surface area contributed by atoms with Crippen molar-refractivity contribution in [2.45, 2.75) is 24.7 Å². The largest absolute Gasteiger partial charge is 0.410 e. The molecule has 0 aliphatic carbocycles. The molecule has 9 nitrogen and oxygen atoms in total. The quantitative estimate of drug-likeness (QED) is 0.609. The van der Waals surface area contributed by atoms with Gasteiger partial charge in [-0.3, -0.25) is 15.0 Å². The number of hydrogen-bond donors (Lipinski definition) is 3. The summed E-state index contributed by atoms with van der Waals surface area (Å²) in [7, 11) is 0. The minimum Gasteiger partial charge on any atom is -0.394 e. The number of aliphatic hydroxyl groups is 1. The van der Waals surface area contributed by atoms with Crippen molar-refractivity contribution in [3.05, 3.63) is 42.0 Å². The summed E-state index contributed by atoms with van der Waals surface area (Å²) in [6, 6.07) is 1.83. The molecule has 1 saturated heterocycles. The Hall–Kier alpha value is -3.48. The van der Waals surface area contributed by atoms with E-state index in [2.05, 4.69) is 15.3 Å². The number of hydrogen-bond acceptors (Lipinski definition) is 6. The minimum absolute atomic E-state index is 0.100. The van der Waals surface area contributed by atoms with Gasteiger partial charge in [0.15, 0.2) is 5.82 Å². The fourth-order valence-electron chi connectivity index (χ4n) is 3.68. The molecule has 3 N–H and O–H groups in total. The SMILES string of the molecule is O=C(N[C@H](CO)C(F)(F)F)c1ccc2c(n1)N(C(=O)Nc1ccc(F)cn1)C1CCN2C1. The van der Waals surface area contributed by atoms with Crippen molar-refractivity contribution in [3.8, 4) is 0 Å². The van der Waals surface area contributed by atoms with Gasteiger partial charge in [-0.15, -0.1) is 0 Å². The van der Waals surface area contributed by atoms with Crippen LogP contribution in [0.2, 0.25) is 0 Å². The van der Waals surface area contributed by atoms with E-state index < -0.39 is 36.6 Å². The van der Waals surface area contributed by atoms with Crippen LogP contribution in [0.25, 0.3) is 0 Å². The van der Waals surface area contributed by atoms with Gasteiger partial charge in [-0.2, -0.15) is 13.2 Å². The van der Waals surface area contributed by atoms with Gasteiger partial charge in [-0.1, -0.05) is 0 Å². The van der Waals surface area contributed by atoms with Gasteiger partial charge in [0.25, 0.3) is 5.91 Å². The van der Waals surface area contributed by atoms with E-state index >= 15 is 0 Å². The van der Waals surface area contributed by atoms with Gasteiger partial charge in [0, 0.05) is 13.1 Å². The van der Waals surface area contributed by atoms with E-state index in [1.165, 1.54) is 23.1 Å². The van der Waals surface area contributed by atoms with Crippen LogP contribution in [0.3, 0.4) is 0 Å². The maximum absolute atomic E-state index is 13.1. The molecule has 2 aromatic rings. The number of urea groups is 1. The summed E-state index contributed by atoms with van der Waals surface area (Å²) in [5.41, 5.74) is 0.207. The number of nitrogens with one attached hydrogen (secondary N) is 2. The monoisotopic (exact) mass is 454 g/mol. The van der Waals surface area contributed by atoms with E-state index in [1.54, 1.807) is 5.32 Å². The Morgan fingerprint density at radius 3 is 2.69 bits per heavy atom. The number of pyridine rings is 2. The summed E-state index contributed by atoms with van der Waals surface area (Å²) in [5.74, 6) is -1.51. The average Bonchev–Trinajstić information content (AvgIpc) is 3.16. The molecule has 2 atom stereocenters. The molecular formula is C19H18F4N6O3. The lowest BCUT2D eigenvalue weighted by Crippen LogP contribution is -2.49. The summed E-state index contributed by atoms with van der Waals surface area (Å²) in [4.78, 5) is 36.6. The molecule has 0 saturated carbocycles. The van der Waals surface area contributed by atoms with Crippen molar-refractivity contribution >= 4 is 29.3 Å². The lowest BCUT2D eigenvalue weighted by Gasteiger charge is -2.35. The molecule has 170 valence electrons. The molecule has 1 unspecified atom stereocenters. The van der Waals surface area contributed by atoms with E-state index in [0.717, 1.165) is 12.3 Å². The van der Waals surface area contributed by atoms with Gasteiger partial charge in [-0.05, 0) is 30.7 Å². The summed E-state index contributed by atoms with van der Waals surface area (Å²) >= 11 is 0. The van der Waals surface area contributed by atoms with Crippen LogP contribution in [-0.4, -0.2) is 65.0 Å². The van der Waals surface area contributed by atoms with Crippen molar-refractivity contribution in [1.82, 2.24) is 15.3 Å². The van der Waals surface area contributed by atoms with Gasteiger partial charge in [0.1, 0.15) is 23.4 Å². The number of alkyl halides is 3. The molecule has 2 aliphatic heterocycles. The van der Waals surface area contributed by atoms with Crippen molar-refractivity contribution in [3.63, 3.8) is 0 Å². The van der Waals surface area contributed by atoms with Crippen molar-refractivity contribution in [2.24, 2.45) is 0 Å². The molecule has 4 heterocycles. The molecule has 2 bridgehead atoms. The van der Waals surface area contributed by atoms with Crippen LogP contribution >= 0.6 is 0 Å². The predicted molar refractivity (Wildman–Crippen MR) is 105 cm³/mol. The van der Waals surface area contributed by atoms with Gasteiger partial charge in [-0.25, -0.2) is 19.2 Å². The highest BCUT2D eigenvalue weighted by molar-refractivity contribution is 6.05. The molecule has 2 aliphatic rings. The first-order chi connectivity index (χ1) is 15.2. The standard InChI is InChI=1S/C19H18F4N6O3/c20-10-1-4-15(24-7-10)27-18(32)29-11-5-6-28(8-11)13-3-2-12(25-16(13)29)17(31)26-14(9-30)19(21,22)23/h1-4,7,11,14,30H,5-6,8-9H2,(H,26,31)(H,24,27,32)/t11?,14-/m1/s1. The third-order valence-corrected chi connectivity index (χ3v) is 5.25. The second kappa shape index (κ2) is 8.22. The number of aliphatic hydroxyl groups excluding tert-OH is 1. The summed E-state index contributed by atoms with van der Waals surface area (Å²) in [6.45, 7) is -0.176. The van der Waals surface area contributed by atoms with Crippen LogP contribution in [0, 0.1) is 5.82 Å². The second-order valence-electron chi connectivity index (χ2n) is 7.34. The van der Waals surface area contributed by atoms with E-state index in [9.17, 15) is 27.2 Å². The zero-order chi connectivity index (χ0) is 23.0. The van der Waals surface area contributed by atoms with E-state index in [4.69, 9.17) is 5.11 Å². The Morgan fingerprint density at radius 1 is 1.25 bits per heavy atom. The van der Waals surface area contributed by atoms with E-state index in [1.807, 2.05) is 4.90 Å². The second-order valence-corrected chi connectivity index (χ2v) is 7.34. The lowest BCUT2D eigenvalue weighted by atomic mass is 10.1. The molecule has 3 amide bonds. The molecule has 0 spiro atoms. The molecule has 0 aromatic carbocycles. The van der Waals surface area contributed by atoms with Gasteiger partial charge < -0.3 is 15.3 Å². The van der Waals surface area contributed by atoms with Gasteiger partial charge in [0.2, 0.25) is 0 Å². The smallest absolute Gasteiger partial charge is 0.394 e. The molecule has 4 rings (SSSR count). The number of amides is 3. The Bertz CT molecular complexity index is 1030. The number of rotatable bonds is 4. The number of fused-ring (bicyclic) bond motifs is 4. The molecule has 13 heteroatoms. The third kappa shape index (κ3) is 4.15. The summed E-state index contributed by atoms with van der Waals surface area (Å²) in [6.07, 6.45) is -3.28. The first-order valence-electron chi connectivity index (χ1n) is 9.63. The Balaban J connectivity index is 1.62. The highest BCUT2D eigenvalue weighted by Crippen LogP contribution is 2.39. The number of carbonyl (C=O) groups is 2. The molecule has 0 radical (unpaired) electrons. The molecule has 2 aromatic heterocycles. The number of carbonyl (C=O) groups excluding carboxylic acids is 2. The van der Waals surface area contributed by atoms with Gasteiger partial charge >= 0.3 is 12.2 Å². The van der Waals surface area contributed by atoms with Crippen LogP contribution in [0.5, 0.6) is 0 Å². The Kier molecular flexibility index (Phi) is 5.59. The summed E-state index contributed by atoms with van der Waals surface area (Å²) in [5, 5.41) is 13.2. The molecular weight excluding hydrogens is 436 g/mol. The number of halogens is 4. The van der Waals surface area contributed by atoms with Crippen molar-refractivity contribution in [2.75, 3.05) is 34.8 Å². The van der Waals surface area contributed by atoms with Crippen LogP contribution in [0.4, 0.5) is 39.7 Å². The number of nitrogens with zero attached hydrogens (tertiary/aromatic N) is 4. The molecule has 32 heavy (non-hydrogen) atoms. The maximum Gasteiger partial charge on any atom is 0.410 e. The van der Waals surface area contributed by atoms with Crippen LogP contribution in [0.1, 0.15) is 16.9 Å². The van der Waals surface area contributed by atoms with Gasteiger partial charge in [0.05, 0.1) is 24.5 Å². The van der Waals surface area contributed by atoms with Crippen molar-refractivity contribution in [1.29, 1.82) is 0 Å². The highest BCUT2D eigenvalue weighted by Gasteiger charge is 2.42. The van der Waals surface area contributed by atoms with E-state index in [0.29, 0.717) is 25.2 Å². The fourth-order valence-corrected chi connectivity index (χ4v) is 3.68. The predicted octanol–water partition coefficient (Wildman–Crippen LogP) is 1.90. The normalized spacial score (nSPS) is 18.2. The van der Waals surface area contributed by atoms with Crippen LogP contribution < -0.4 is 20.4 Å². The maximum atomic E-state index is 13.1. The first kappa shape index (κ1) is 21.7. The number of anilines is 3. The average molecular weight is 454 g/mol. The molecule has 1 fully saturated rings. The summed E-state index contributed by atoms with van der Waals surface area (Å²) < 4.78 is 51.7. The fraction of sp³-hybridized carbons (Fsp3) is 0.368. The number of aromatic nitrogens is 2. The third-order valence-electron chi connectivity index (χ3n) is 5.25. The highest BCUT2D eigenvalue weighted by atomic mass is 19.4. The first-order valence-corrected chi connectivity index (χ1v) is 9.63. The zero-order valence-corrected chi connectivity index (χ0v) is 16.4.